The summed E-state index contributed by atoms with van der Waals surface area (Å²) in [6.07, 6.45) is 1.61. The van der Waals surface area contributed by atoms with Gasteiger partial charge in [-0.25, -0.2) is 9.37 Å². The molecular weight excluding hydrogens is 594 g/mol. The molecule has 0 bridgehead atoms. The molecule has 0 fully saturated rings. The maximum Gasteiger partial charge on any atom is 0.393 e. The number of phenols is 1. The number of phenolic OH excluding ortho intramolecular Hbond substituents is 1. The highest BCUT2D eigenvalue weighted by Crippen LogP contribution is 2.43. The van der Waals surface area contributed by atoms with Gasteiger partial charge in [0.2, 0.25) is 0 Å². The highest BCUT2D eigenvalue weighted by atomic mass is 19.4. The lowest BCUT2D eigenvalue weighted by Crippen LogP contribution is -2.30. The second-order valence-electron chi connectivity index (χ2n) is 12.0. The number of hydrogen-bond acceptors (Lipinski definition) is 5. The van der Waals surface area contributed by atoms with Gasteiger partial charge < -0.3 is 10.1 Å². The van der Waals surface area contributed by atoms with Crippen molar-refractivity contribution in [2.75, 3.05) is 6.54 Å². The van der Waals surface area contributed by atoms with Gasteiger partial charge in [-0.05, 0) is 64.7 Å². The molecule has 5 aromatic rings. The minimum Gasteiger partial charge on any atom is -0.505 e. The summed E-state index contributed by atoms with van der Waals surface area (Å²) in [6, 6.07) is 17.2. The molecule has 2 aromatic heterocycles. The number of fused-ring (bicyclic) bond motifs is 5. The number of nitrogens with one attached hydrogen (secondary N) is 1. The predicted octanol–water partition coefficient (Wildman–Crippen LogP) is 8.09. The average molecular weight is 622 g/mol. The number of rotatable bonds is 5. The van der Waals surface area contributed by atoms with Crippen LogP contribution in [0.4, 0.5) is 23.2 Å². The number of benzene rings is 3. The first-order chi connectivity index (χ1) is 22.2. The minimum atomic E-state index is -4.52. The van der Waals surface area contributed by atoms with Crippen LogP contribution in [0.3, 0.4) is 0 Å². The molecule has 10 heteroatoms. The van der Waals surface area contributed by atoms with Crippen LogP contribution in [0, 0.1) is 5.82 Å². The Hall–Kier alpha value is -5.09. The summed E-state index contributed by atoms with van der Waals surface area (Å²) in [5, 5.41) is 10.9. The van der Waals surface area contributed by atoms with Crippen LogP contribution in [0.5, 0.6) is 5.75 Å². The van der Waals surface area contributed by atoms with E-state index in [1.165, 1.54) is 0 Å². The number of aromatic hydroxyl groups is 1. The molecule has 0 saturated heterocycles. The summed E-state index contributed by atoms with van der Waals surface area (Å²) in [5.41, 5.74) is 8.67. The van der Waals surface area contributed by atoms with Crippen molar-refractivity contribution in [2.45, 2.75) is 38.5 Å². The number of imidazole rings is 1. The van der Waals surface area contributed by atoms with Crippen LogP contribution in [0.15, 0.2) is 84.0 Å². The Bertz CT molecular complexity index is 2140. The topological polar surface area (TPSA) is 77.4 Å². The van der Waals surface area contributed by atoms with E-state index < -0.39 is 24.2 Å². The molecule has 0 saturated carbocycles. The van der Waals surface area contributed by atoms with E-state index in [-0.39, 0.29) is 11.1 Å². The first kappa shape index (κ1) is 28.4. The van der Waals surface area contributed by atoms with Crippen LogP contribution in [0.1, 0.15) is 40.3 Å². The molecule has 230 valence electrons. The minimum absolute atomic E-state index is 0.0822. The highest BCUT2D eigenvalue weighted by molar-refractivity contribution is 6.32. The van der Waals surface area contributed by atoms with Crippen LogP contribution < -0.4 is 0 Å². The van der Waals surface area contributed by atoms with Crippen molar-refractivity contribution in [1.82, 2.24) is 19.9 Å². The van der Waals surface area contributed by atoms with Crippen molar-refractivity contribution in [3.8, 4) is 16.9 Å². The molecule has 0 spiro atoms. The first-order valence-corrected chi connectivity index (χ1v) is 15.0. The lowest BCUT2D eigenvalue weighted by atomic mass is 9.90. The fourth-order valence-corrected chi connectivity index (χ4v) is 6.60. The van der Waals surface area contributed by atoms with Gasteiger partial charge in [0, 0.05) is 60.8 Å². The molecule has 1 aliphatic carbocycles. The lowest BCUT2D eigenvalue weighted by Gasteiger charge is -2.25. The molecule has 0 atom stereocenters. The van der Waals surface area contributed by atoms with Gasteiger partial charge in [0.15, 0.2) is 11.6 Å². The van der Waals surface area contributed by atoms with E-state index in [0.29, 0.717) is 17.7 Å². The normalized spacial score (nSPS) is 16.0. The van der Waals surface area contributed by atoms with Gasteiger partial charge in [-0.15, -0.1) is 0 Å². The molecule has 3 aliphatic rings. The molecule has 2 N–H and O–H groups in total. The van der Waals surface area contributed by atoms with Crippen LogP contribution in [0.25, 0.3) is 33.2 Å². The standard InChI is InChI=1S/C36H27F4N5O/c37-28-15-25(24(14-34(28)46)16-36(38,39)40)21-5-7-30-26(12-21)27-13-23(6-8-31(27)42-30)35-43-32-9-10-45(19-33(32)44-35)18-20-11-22-3-1-2-4-29(22)41-17-20/h1-7,11-15,17,46H,8-10,16,18-19H2,(H,43,44). The van der Waals surface area contributed by atoms with Gasteiger partial charge in [0.25, 0.3) is 0 Å². The summed E-state index contributed by atoms with van der Waals surface area (Å²) in [7, 11) is 0. The predicted molar refractivity (Wildman–Crippen MR) is 169 cm³/mol. The number of H-pyrrole nitrogens is 1. The number of alkyl halides is 3. The Morgan fingerprint density at radius 3 is 2.74 bits per heavy atom. The zero-order valence-electron chi connectivity index (χ0n) is 24.5. The largest absolute Gasteiger partial charge is 0.505 e. The van der Waals surface area contributed by atoms with Gasteiger partial charge >= 0.3 is 6.18 Å². The summed E-state index contributed by atoms with van der Waals surface area (Å²) < 4.78 is 54.4. The Morgan fingerprint density at radius 2 is 1.87 bits per heavy atom. The molecule has 3 aromatic carbocycles. The smallest absolute Gasteiger partial charge is 0.393 e. The van der Waals surface area contributed by atoms with Crippen molar-refractivity contribution in [1.29, 1.82) is 0 Å². The second kappa shape index (κ2) is 10.8. The van der Waals surface area contributed by atoms with Crippen molar-refractivity contribution in [3.05, 3.63) is 119 Å². The van der Waals surface area contributed by atoms with Gasteiger partial charge in [-0.1, -0.05) is 30.3 Å². The Morgan fingerprint density at radius 1 is 1.00 bits per heavy atom. The Balaban J connectivity index is 1.05. The van der Waals surface area contributed by atoms with Crippen molar-refractivity contribution in [3.63, 3.8) is 0 Å². The molecular formula is C36H27F4N5O. The molecule has 0 amide bonds. The van der Waals surface area contributed by atoms with Crippen LogP contribution >= 0.6 is 0 Å². The molecule has 6 nitrogen and oxygen atoms in total. The zero-order chi connectivity index (χ0) is 31.6. The summed E-state index contributed by atoms with van der Waals surface area (Å²) in [6.45, 7) is 2.40. The van der Waals surface area contributed by atoms with E-state index >= 15 is 0 Å². The van der Waals surface area contributed by atoms with E-state index in [4.69, 9.17) is 9.98 Å². The lowest BCUT2D eigenvalue weighted by molar-refractivity contribution is -0.127. The van der Waals surface area contributed by atoms with Crippen molar-refractivity contribution in [2.24, 2.45) is 4.99 Å². The monoisotopic (exact) mass is 621 g/mol. The molecule has 2 aliphatic heterocycles. The number of aromatic amines is 1. The summed E-state index contributed by atoms with van der Waals surface area (Å²) in [4.78, 5) is 20.2. The van der Waals surface area contributed by atoms with Crippen LogP contribution in [-0.2, 0) is 25.9 Å². The maximum atomic E-state index is 14.4. The third-order valence-electron chi connectivity index (χ3n) is 8.78. The van der Waals surface area contributed by atoms with E-state index in [1.807, 2.05) is 30.5 Å². The van der Waals surface area contributed by atoms with Gasteiger partial charge in [-0.3, -0.25) is 14.9 Å². The maximum absolute atomic E-state index is 14.4. The number of allylic oxidation sites excluding steroid dienone is 4. The number of halogens is 4. The SMILES string of the molecule is Oc1cc(CC(F)(F)F)c(-c2ccc3c(c2)C2=CC(c4nc5c([nH]4)CN(Cc4cnc6ccccc6c4)CC5)=CCC2=N3)cc1F. The van der Waals surface area contributed by atoms with Gasteiger partial charge in [0.05, 0.1) is 34.7 Å². The molecule has 46 heavy (non-hydrogen) atoms. The quantitative estimate of drug-likeness (QED) is 0.195. The fraction of sp³-hybridized carbons (Fsp3) is 0.194. The second-order valence-corrected chi connectivity index (χ2v) is 12.0. The zero-order valence-corrected chi connectivity index (χ0v) is 24.5. The number of aromatic nitrogens is 3. The van der Waals surface area contributed by atoms with E-state index in [9.17, 15) is 22.7 Å². The van der Waals surface area contributed by atoms with Crippen molar-refractivity contribution >= 4 is 33.4 Å². The average Bonchev–Trinajstić information content (AvgIpc) is 3.62. The van der Waals surface area contributed by atoms with Crippen LogP contribution in [0.2, 0.25) is 0 Å². The number of para-hydroxylation sites is 1. The number of hydrogen-bond donors (Lipinski definition) is 2. The van der Waals surface area contributed by atoms with Crippen LogP contribution in [-0.4, -0.2) is 43.4 Å². The molecule has 0 radical (unpaired) electrons. The van der Waals surface area contributed by atoms with Gasteiger partial charge in [-0.2, -0.15) is 13.2 Å². The van der Waals surface area contributed by atoms with E-state index in [2.05, 4.69) is 33.1 Å². The summed E-state index contributed by atoms with van der Waals surface area (Å²) in [5.74, 6) is -1.02. The third kappa shape index (κ3) is 5.28. The Kier molecular flexibility index (Phi) is 6.65. The number of pyridine rings is 1. The number of aliphatic imine (C=N–C) groups is 1. The van der Waals surface area contributed by atoms with Gasteiger partial charge in [0.1, 0.15) is 5.82 Å². The first-order valence-electron chi connectivity index (χ1n) is 15.0. The third-order valence-corrected chi connectivity index (χ3v) is 8.78. The van der Waals surface area contributed by atoms with E-state index in [1.54, 1.807) is 18.2 Å². The molecule has 0 unspecified atom stereocenters. The number of nitrogens with zero attached hydrogens (tertiary/aromatic N) is 4. The molecule has 4 heterocycles. The molecule has 8 rings (SSSR count). The van der Waals surface area contributed by atoms with Crippen molar-refractivity contribution < 1.29 is 22.7 Å². The Labute approximate surface area is 261 Å². The fourth-order valence-electron chi connectivity index (χ4n) is 6.60. The summed E-state index contributed by atoms with van der Waals surface area (Å²) >= 11 is 0. The van der Waals surface area contributed by atoms with E-state index in [0.717, 1.165) is 94.3 Å². The highest BCUT2D eigenvalue weighted by Gasteiger charge is 2.31.